The van der Waals surface area contributed by atoms with Crippen LogP contribution in [0.4, 0.5) is 0 Å². The first-order valence-corrected chi connectivity index (χ1v) is 13.5. The van der Waals surface area contributed by atoms with Crippen molar-refractivity contribution in [1.82, 2.24) is 9.44 Å². The van der Waals surface area contributed by atoms with Crippen molar-refractivity contribution in [1.29, 1.82) is 0 Å². The standard InChI is InChI=1S/C23H32N2O6S2/c1-17-6-11-20(12-7-17)32(27,28)24-16-19(10-15-22(26)31-23(3,4)5)25-33(29,30)21-13-8-18(2)9-14-21/h6-9,11-14,19,24-25H,10,15-16H2,1-5H3. The van der Waals surface area contributed by atoms with Crippen molar-refractivity contribution in [3.05, 3.63) is 59.7 Å². The van der Waals surface area contributed by atoms with Crippen LogP contribution in [0.5, 0.6) is 0 Å². The largest absolute Gasteiger partial charge is 0.460 e. The Bertz CT molecular complexity index is 1150. The molecule has 0 heterocycles. The predicted octanol–water partition coefficient (Wildman–Crippen LogP) is 3.05. The molecule has 33 heavy (non-hydrogen) atoms. The Morgan fingerprint density at radius 1 is 0.848 bits per heavy atom. The van der Waals surface area contributed by atoms with Gasteiger partial charge in [0.1, 0.15) is 5.60 Å². The summed E-state index contributed by atoms with van der Waals surface area (Å²) in [4.78, 5) is 12.3. The molecule has 0 aromatic heterocycles. The second-order valence-corrected chi connectivity index (χ2v) is 12.4. The number of rotatable bonds is 10. The third-order valence-electron chi connectivity index (χ3n) is 4.62. The quantitative estimate of drug-likeness (QED) is 0.488. The van der Waals surface area contributed by atoms with Crippen LogP contribution in [0, 0.1) is 13.8 Å². The van der Waals surface area contributed by atoms with Crippen LogP contribution in [0.1, 0.15) is 44.7 Å². The molecule has 2 rings (SSSR count). The fourth-order valence-electron chi connectivity index (χ4n) is 2.90. The first kappa shape index (κ1) is 27.0. The number of hydrogen-bond donors (Lipinski definition) is 2. The van der Waals surface area contributed by atoms with Gasteiger partial charge in [0.15, 0.2) is 0 Å². The van der Waals surface area contributed by atoms with Crippen LogP contribution in [-0.4, -0.2) is 41.0 Å². The van der Waals surface area contributed by atoms with Gasteiger partial charge in [0.05, 0.1) is 9.79 Å². The van der Waals surface area contributed by atoms with Gasteiger partial charge in [-0.1, -0.05) is 35.4 Å². The summed E-state index contributed by atoms with van der Waals surface area (Å²) in [5, 5.41) is 0. The van der Waals surface area contributed by atoms with E-state index in [-0.39, 0.29) is 29.2 Å². The maximum absolute atomic E-state index is 12.9. The molecule has 0 radical (unpaired) electrons. The molecule has 0 saturated carbocycles. The van der Waals surface area contributed by atoms with Gasteiger partial charge in [-0.2, -0.15) is 0 Å². The molecular weight excluding hydrogens is 464 g/mol. The molecule has 0 amide bonds. The molecule has 0 aliphatic carbocycles. The Balaban J connectivity index is 2.17. The summed E-state index contributed by atoms with van der Waals surface area (Å²) in [6.07, 6.45) is -0.0267. The third kappa shape index (κ3) is 8.88. The average Bonchev–Trinajstić information content (AvgIpc) is 2.69. The van der Waals surface area contributed by atoms with E-state index >= 15 is 0 Å². The third-order valence-corrected chi connectivity index (χ3v) is 7.60. The van der Waals surface area contributed by atoms with E-state index in [0.29, 0.717) is 0 Å². The van der Waals surface area contributed by atoms with Crippen molar-refractivity contribution >= 4 is 26.0 Å². The lowest BCUT2D eigenvalue weighted by atomic mass is 10.1. The Labute approximate surface area is 196 Å². The zero-order chi connectivity index (χ0) is 24.9. The summed E-state index contributed by atoms with van der Waals surface area (Å²) in [7, 11) is -7.80. The predicted molar refractivity (Wildman–Crippen MR) is 127 cm³/mol. The number of nitrogens with one attached hydrogen (secondary N) is 2. The fourth-order valence-corrected chi connectivity index (χ4v) is 5.26. The molecule has 1 unspecified atom stereocenters. The SMILES string of the molecule is Cc1ccc(S(=O)(=O)NCC(CCC(=O)OC(C)(C)C)NS(=O)(=O)c2ccc(C)cc2)cc1. The second kappa shape index (κ2) is 10.8. The minimum atomic E-state index is -3.93. The number of hydrogen-bond acceptors (Lipinski definition) is 6. The molecule has 2 aromatic rings. The van der Waals surface area contributed by atoms with E-state index in [1.807, 2.05) is 13.8 Å². The fraction of sp³-hybridized carbons (Fsp3) is 0.435. The Morgan fingerprint density at radius 3 is 1.76 bits per heavy atom. The van der Waals surface area contributed by atoms with E-state index in [1.165, 1.54) is 24.3 Å². The lowest BCUT2D eigenvalue weighted by Gasteiger charge is -2.22. The molecule has 0 aliphatic rings. The molecule has 0 aliphatic heterocycles. The zero-order valence-electron chi connectivity index (χ0n) is 19.6. The summed E-state index contributed by atoms with van der Waals surface area (Å²) in [5.41, 5.74) is 1.14. The molecule has 10 heteroatoms. The van der Waals surface area contributed by atoms with Gasteiger partial charge in [-0.15, -0.1) is 0 Å². The molecule has 1 atom stereocenters. The molecule has 0 fully saturated rings. The van der Waals surface area contributed by atoms with Gasteiger partial charge in [0, 0.05) is 19.0 Å². The van der Waals surface area contributed by atoms with Crippen molar-refractivity contribution in [2.45, 2.75) is 68.9 Å². The summed E-state index contributed by atoms with van der Waals surface area (Å²) >= 11 is 0. The van der Waals surface area contributed by atoms with Gasteiger partial charge in [0.2, 0.25) is 20.0 Å². The van der Waals surface area contributed by atoms with Gasteiger partial charge < -0.3 is 4.74 Å². The summed E-state index contributed by atoms with van der Waals surface area (Å²) in [5.74, 6) is -0.497. The highest BCUT2D eigenvalue weighted by atomic mass is 32.2. The smallest absolute Gasteiger partial charge is 0.306 e. The topological polar surface area (TPSA) is 119 Å². The maximum Gasteiger partial charge on any atom is 0.306 e. The van der Waals surface area contributed by atoms with Crippen molar-refractivity contribution in [3.63, 3.8) is 0 Å². The van der Waals surface area contributed by atoms with E-state index < -0.39 is 37.7 Å². The van der Waals surface area contributed by atoms with Crippen molar-refractivity contribution in [2.75, 3.05) is 6.54 Å². The number of aryl methyl sites for hydroxylation is 2. The average molecular weight is 497 g/mol. The first-order valence-electron chi connectivity index (χ1n) is 10.6. The minimum Gasteiger partial charge on any atom is -0.460 e. The molecule has 2 aromatic carbocycles. The molecule has 0 spiro atoms. The molecule has 2 N–H and O–H groups in total. The van der Waals surface area contributed by atoms with Crippen LogP contribution in [-0.2, 0) is 29.6 Å². The molecule has 0 saturated heterocycles. The highest BCUT2D eigenvalue weighted by Gasteiger charge is 2.25. The minimum absolute atomic E-state index is 0.0520. The maximum atomic E-state index is 12.9. The van der Waals surface area contributed by atoms with E-state index in [2.05, 4.69) is 9.44 Å². The van der Waals surface area contributed by atoms with Crippen LogP contribution >= 0.6 is 0 Å². The summed E-state index contributed by atoms with van der Waals surface area (Å²) in [6, 6.07) is 11.7. The molecule has 8 nitrogen and oxygen atoms in total. The molecule has 182 valence electrons. The normalized spacial score (nSPS) is 13.5. The number of ether oxygens (including phenoxy) is 1. The van der Waals surface area contributed by atoms with E-state index in [0.717, 1.165) is 11.1 Å². The highest BCUT2D eigenvalue weighted by molar-refractivity contribution is 7.90. The zero-order valence-corrected chi connectivity index (χ0v) is 21.2. The van der Waals surface area contributed by atoms with Gasteiger partial charge in [-0.3, -0.25) is 4.79 Å². The number of benzene rings is 2. The van der Waals surface area contributed by atoms with Gasteiger partial charge in [-0.05, 0) is 65.3 Å². The number of carbonyl (C=O) groups excluding carboxylic acids is 1. The van der Waals surface area contributed by atoms with Crippen LogP contribution in [0.2, 0.25) is 0 Å². The van der Waals surface area contributed by atoms with Crippen molar-refractivity contribution in [2.24, 2.45) is 0 Å². The lowest BCUT2D eigenvalue weighted by molar-refractivity contribution is -0.155. The first-order chi connectivity index (χ1) is 15.2. The van der Waals surface area contributed by atoms with E-state index in [1.54, 1.807) is 45.0 Å². The number of esters is 1. The van der Waals surface area contributed by atoms with Crippen LogP contribution in [0.3, 0.4) is 0 Å². The van der Waals surface area contributed by atoms with Crippen LogP contribution < -0.4 is 9.44 Å². The summed E-state index contributed by atoms with van der Waals surface area (Å²) < 4.78 is 61.3. The summed E-state index contributed by atoms with van der Waals surface area (Å²) in [6.45, 7) is 8.66. The van der Waals surface area contributed by atoms with Crippen molar-refractivity contribution < 1.29 is 26.4 Å². The second-order valence-electron chi connectivity index (χ2n) is 8.92. The Morgan fingerprint density at radius 2 is 1.30 bits per heavy atom. The number of sulfonamides is 2. The Kier molecular flexibility index (Phi) is 8.81. The lowest BCUT2D eigenvalue weighted by Crippen LogP contribution is -2.44. The van der Waals surface area contributed by atoms with Gasteiger partial charge in [-0.25, -0.2) is 26.3 Å². The Hall–Kier alpha value is -2.27. The number of carbonyl (C=O) groups is 1. The van der Waals surface area contributed by atoms with Crippen LogP contribution in [0.15, 0.2) is 58.3 Å². The molecule has 0 bridgehead atoms. The highest BCUT2D eigenvalue weighted by Crippen LogP contribution is 2.15. The van der Waals surface area contributed by atoms with Crippen LogP contribution in [0.25, 0.3) is 0 Å². The monoisotopic (exact) mass is 496 g/mol. The van der Waals surface area contributed by atoms with Gasteiger partial charge in [0.25, 0.3) is 0 Å². The molecular formula is C23H32N2O6S2. The van der Waals surface area contributed by atoms with Gasteiger partial charge >= 0.3 is 5.97 Å². The van der Waals surface area contributed by atoms with E-state index in [4.69, 9.17) is 4.74 Å². The van der Waals surface area contributed by atoms with Crippen molar-refractivity contribution in [3.8, 4) is 0 Å². The van der Waals surface area contributed by atoms with E-state index in [9.17, 15) is 21.6 Å².